The molecule has 1 atom stereocenters. The van der Waals surface area contributed by atoms with Gasteiger partial charge in [-0.3, -0.25) is 4.79 Å². The number of nitrogens with zero attached hydrogens (tertiary/aromatic N) is 1. The van der Waals surface area contributed by atoms with Crippen molar-refractivity contribution in [3.8, 4) is 0 Å². The smallest absolute Gasteiger partial charge is 0.226 e. The highest BCUT2D eigenvalue weighted by molar-refractivity contribution is 7.15. The highest BCUT2D eigenvalue weighted by Crippen LogP contribution is 2.26. The van der Waals surface area contributed by atoms with Crippen LogP contribution >= 0.6 is 35.3 Å². The second-order valence-electron chi connectivity index (χ2n) is 5.40. The van der Waals surface area contributed by atoms with Crippen LogP contribution < -0.4 is 11.1 Å². The fourth-order valence-corrected chi connectivity index (χ4v) is 3.24. The van der Waals surface area contributed by atoms with Gasteiger partial charge in [-0.25, -0.2) is 4.98 Å². The van der Waals surface area contributed by atoms with E-state index in [-0.39, 0.29) is 24.4 Å². The standard InChI is InChI=1S/C16H20ClN3OS.ClH/c1-10(18)6-7-15(21)20-16-19-11(2)14(22-16)9-12-4-3-5-13(17)8-12;/h3-5,8,10H,6-7,9,18H2,1-2H3,(H,19,20,21);1H. The Balaban J connectivity index is 0.00000264. The highest BCUT2D eigenvalue weighted by atomic mass is 35.5. The number of anilines is 1. The lowest BCUT2D eigenvalue weighted by molar-refractivity contribution is -0.116. The quantitative estimate of drug-likeness (QED) is 0.797. The van der Waals surface area contributed by atoms with Gasteiger partial charge in [-0.15, -0.1) is 23.7 Å². The molecule has 0 aliphatic heterocycles. The van der Waals surface area contributed by atoms with Gasteiger partial charge in [-0.1, -0.05) is 23.7 Å². The van der Waals surface area contributed by atoms with E-state index in [9.17, 15) is 4.79 Å². The molecule has 2 aromatic rings. The molecule has 2 rings (SSSR count). The molecule has 3 N–H and O–H groups in total. The molecule has 1 aromatic heterocycles. The fourth-order valence-electron chi connectivity index (χ4n) is 2.02. The van der Waals surface area contributed by atoms with Crippen molar-refractivity contribution >= 4 is 46.4 Å². The van der Waals surface area contributed by atoms with E-state index in [4.69, 9.17) is 17.3 Å². The van der Waals surface area contributed by atoms with Crippen LogP contribution in [0, 0.1) is 6.92 Å². The van der Waals surface area contributed by atoms with E-state index in [1.807, 2.05) is 38.1 Å². The summed E-state index contributed by atoms with van der Waals surface area (Å²) in [5.41, 5.74) is 7.73. The lowest BCUT2D eigenvalue weighted by Gasteiger charge is -2.04. The van der Waals surface area contributed by atoms with Crippen LogP contribution in [0.3, 0.4) is 0 Å². The number of hydrogen-bond acceptors (Lipinski definition) is 4. The first-order valence-corrected chi connectivity index (χ1v) is 8.39. The summed E-state index contributed by atoms with van der Waals surface area (Å²) in [5, 5.41) is 4.21. The van der Waals surface area contributed by atoms with Crippen molar-refractivity contribution in [2.24, 2.45) is 5.73 Å². The van der Waals surface area contributed by atoms with Gasteiger partial charge in [-0.2, -0.15) is 0 Å². The second kappa shape index (κ2) is 9.23. The SMILES string of the molecule is Cc1nc(NC(=O)CCC(C)N)sc1Cc1cccc(Cl)c1.Cl. The summed E-state index contributed by atoms with van der Waals surface area (Å²) in [6.07, 6.45) is 1.85. The summed E-state index contributed by atoms with van der Waals surface area (Å²) in [5.74, 6) is -0.0413. The third-order valence-electron chi connectivity index (χ3n) is 3.22. The van der Waals surface area contributed by atoms with E-state index in [1.165, 1.54) is 11.3 Å². The van der Waals surface area contributed by atoms with Crippen LogP contribution in [0.25, 0.3) is 0 Å². The third-order valence-corrected chi connectivity index (χ3v) is 4.53. The lowest BCUT2D eigenvalue weighted by atomic mass is 10.1. The molecule has 1 amide bonds. The molecular weight excluding hydrogens is 353 g/mol. The van der Waals surface area contributed by atoms with E-state index in [2.05, 4.69) is 10.3 Å². The zero-order valence-electron chi connectivity index (χ0n) is 13.1. The number of nitrogens with one attached hydrogen (secondary N) is 1. The molecule has 0 aliphatic rings. The molecular formula is C16H21Cl2N3OS. The maximum absolute atomic E-state index is 11.8. The van der Waals surface area contributed by atoms with Crippen LogP contribution in [0.5, 0.6) is 0 Å². The van der Waals surface area contributed by atoms with Gasteiger partial charge in [-0.05, 0) is 38.0 Å². The molecule has 0 saturated carbocycles. The molecule has 126 valence electrons. The van der Waals surface area contributed by atoms with Gasteiger partial charge in [0.1, 0.15) is 0 Å². The molecule has 1 heterocycles. The van der Waals surface area contributed by atoms with Crippen molar-refractivity contribution < 1.29 is 4.79 Å². The van der Waals surface area contributed by atoms with Crippen molar-refractivity contribution in [2.75, 3.05) is 5.32 Å². The Labute approximate surface area is 151 Å². The number of carbonyl (C=O) groups excluding carboxylic acids is 1. The molecule has 0 fully saturated rings. The summed E-state index contributed by atoms with van der Waals surface area (Å²) in [4.78, 5) is 17.4. The van der Waals surface area contributed by atoms with Gasteiger partial charge in [0.25, 0.3) is 0 Å². The minimum absolute atomic E-state index is 0. The highest BCUT2D eigenvalue weighted by Gasteiger charge is 2.11. The zero-order chi connectivity index (χ0) is 16.1. The number of thiazole rings is 1. The van der Waals surface area contributed by atoms with Crippen molar-refractivity contribution in [1.82, 2.24) is 4.98 Å². The number of aryl methyl sites for hydroxylation is 1. The number of rotatable bonds is 6. The Bertz CT molecular complexity index is 659. The van der Waals surface area contributed by atoms with Crippen LogP contribution in [-0.2, 0) is 11.2 Å². The van der Waals surface area contributed by atoms with E-state index in [1.54, 1.807) is 0 Å². The molecule has 4 nitrogen and oxygen atoms in total. The van der Waals surface area contributed by atoms with Crippen LogP contribution in [0.2, 0.25) is 5.02 Å². The van der Waals surface area contributed by atoms with Crippen molar-refractivity contribution in [3.05, 3.63) is 45.4 Å². The van der Waals surface area contributed by atoms with Gasteiger partial charge < -0.3 is 11.1 Å². The molecule has 7 heteroatoms. The molecule has 0 bridgehead atoms. The van der Waals surface area contributed by atoms with Crippen molar-refractivity contribution in [3.63, 3.8) is 0 Å². The average Bonchev–Trinajstić information content (AvgIpc) is 2.76. The summed E-state index contributed by atoms with van der Waals surface area (Å²) in [6.45, 7) is 3.85. The van der Waals surface area contributed by atoms with E-state index in [0.717, 1.165) is 27.6 Å². The number of aromatic nitrogens is 1. The van der Waals surface area contributed by atoms with E-state index >= 15 is 0 Å². The monoisotopic (exact) mass is 373 g/mol. The summed E-state index contributed by atoms with van der Waals surface area (Å²) in [7, 11) is 0. The van der Waals surface area contributed by atoms with Gasteiger partial charge in [0.15, 0.2) is 5.13 Å². The zero-order valence-corrected chi connectivity index (χ0v) is 15.5. The maximum Gasteiger partial charge on any atom is 0.226 e. The third kappa shape index (κ3) is 6.47. The first-order chi connectivity index (χ1) is 10.4. The fraction of sp³-hybridized carbons (Fsp3) is 0.375. The van der Waals surface area contributed by atoms with E-state index < -0.39 is 0 Å². The van der Waals surface area contributed by atoms with Crippen LogP contribution in [0.15, 0.2) is 24.3 Å². The Hall–Kier alpha value is -1.14. The summed E-state index contributed by atoms with van der Waals surface area (Å²) >= 11 is 7.51. The summed E-state index contributed by atoms with van der Waals surface area (Å²) in [6, 6.07) is 7.80. The number of halogens is 2. The maximum atomic E-state index is 11.8. The molecule has 23 heavy (non-hydrogen) atoms. The molecule has 0 radical (unpaired) electrons. The Morgan fingerprint density at radius 3 is 2.87 bits per heavy atom. The van der Waals surface area contributed by atoms with Gasteiger partial charge in [0.05, 0.1) is 5.69 Å². The molecule has 0 spiro atoms. The minimum Gasteiger partial charge on any atom is -0.328 e. The average molecular weight is 374 g/mol. The normalized spacial score (nSPS) is 11.7. The van der Waals surface area contributed by atoms with Crippen LogP contribution in [-0.4, -0.2) is 16.9 Å². The number of amides is 1. The van der Waals surface area contributed by atoms with Crippen LogP contribution in [0.1, 0.15) is 35.9 Å². The first-order valence-electron chi connectivity index (χ1n) is 7.20. The Kier molecular flexibility index (Phi) is 7.99. The van der Waals surface area contributed by atoms with E-state index in [0.29, 0.717) is 18.0 Å². The van der Waals surface area contributed by atoms with Crippen molar-refractivity contribution in [2.45, 2.75) is 39.2 Å². The van der Waals surface area contributed by atoms with Gasteiger partial charge in [0, 0.05) is 28.8 Å². The molecule has 0 aliphatic carbocycles. The number of hydrogen-bond donors (Lipinski definition) is 2. The largest absolute Gasteiger partial charge is 0.328 e. The van der Waals surface area contributed by atoms with Gasteiger partial charge in [0.2, 0.25) is 5.91 Å². The number of benzene rings is 1. The number of carbonyl (C=O) groups is 1. The van der Waals surface area contributed by atoms with Crippen molar-refractivity contribution in [1.29, 1.82) is 0 Å². The Morgan fingerprint density at radius 2 is 2.22 bits per heavy atom. The molecule has 1 aromatic carbocycles. The van der Waals surface area contributed by atoms with Crippen LogP contribution in [0.4, 0.5) is 5.13 Å². The Morgan fingerprint density at radius 1 is 1.48 bits per heavy atom. The molecule has 1 unspecified atom stereocenters. The molecule has 0 saturated heterocycles. The predicted octanol–water partition coefficient (Wildman–Crippen LogP) is 4.18. The number of nitrogens with two attached hydrogens (primary N) is 1. The second-order valence-corrected chi connectivity index (χ2v) is 6.92. The minimum atomic E-state index is -0.0413. The predicted molar refractivity (Wildman–Crippen MR) is 99.9 cm³/mol. The van der Waals surface area contributed by atoms with Gasteiger partial charge >= 0.3 is 0 Å². The first kappa shape index (κ1) is 19.9. The topological polar surface area (TPSA) is 68.0 Å². The lowest BCUT2D eigenvalue weighted by Crippen LogP contribution is -2.19. The summed E-state index contributed by atoms with van der Waals surface area (Å²) < 4.78 is 0.